The lowest BCUT2D eigenvalue weighted by atomic mass is 9.89. The normalized spacial score (nSPS) is 13.8. The summed E-state index contributed by atoms with van der Waals surface area (Å²) in [5, 5.41) is 4.69. The maximum Gasteiger partial charge on any atom is 0.134 e. The van der Waals surface area contributed by atoms with E-state index in [9.17, 15) is 0 Å². The monoisotopic (exact) mass is 353 g/mol. The maximum atomic E-state index is 5.92. The molecule has 0 aliphatic rings. The van der Waals surface area contributed by atoms with E-state index in [1.54, 1.807) is 7.11 Å². The van der Waals surface area contributed by atoms with Gasteiger partial charge in [0.25, 0.3) is 0 Å². The second-order valence-corrected chi connectivity index (χ2v) is 7.26. The van der Waals surface area contributed by atoms with Gasteiger partial charge in [0, 0.05) is 30.1 Å². The first-order chi connectivity index (χ1) is 9.91. The van der Waals surface area contributed by atoms with Gasteiger partial charge in [0.15, 0.2) is 0 Å². The highest BCUT2D eigenvalue weighted by Crippen LogP contribution is 2.27. The van der Waals surface area contributed by atoms with Crippen LogP contribution in [0.4, 0.5) is 0 Å². The van der Waals surface area contributed by atoms with E-state index in [-0.39, 0.29) is 11.5 Å². The molecule has 1 aromatic carbocycles. The summed E-state index contributed by atoms with van der Waals surface area (Å²) in [7, 11) is 1.75. The van der Waals surface area contributed by atoms with Crippen LogP contribution in [0, 0.1) is 5.41 Å². The average Bonchev–Trinajstić information content (AvgIpc) is 2.85. The molecule has 3 nitrogen and oxygen atoms in total. The van der Waals surface area contributed by atoms with Crippen molar-refractivity contribution in [3.63, 3.8) is 0 Å². The summed E-state index contributed by atoms with van der Waals surface area (Å²) in [5.41, 5.74) is 1.14. The number of hydrogen-bond acceptors (Lipinski definition) is 3. The number of halogens is 1. The van der Waals surface area contributed by atoms with E-state index < -0.39 is 0 Å². The van der Waals surface area contributed by atoms with Crippen LogP contribution < -0.4 is 5.32 Å². The molecule has 1 N–H and O–H groups in total. The van der Waals surface area contributed by atoms with Crippen molar-refractivity contribution in [2.24, 2.45) is 5.41 Å². The molecule has 0 radical (unpaired) electrons. The molecule has 0 saturated heterocycles. The van der Waals surface area contributed by atoms with Gasteiger partial charge in [-0.3, -0.25) is 0 Å². The Morgan fingerprint density at radius 3 is 2.81 bits per heavy atom. The third kappa shape index (κ3) is 4.56. The predicted molar refractivity (Wildman–Crippen MR) is 90.6 cm³/mol. The molecule has 1 unspecified atom stereocenters. The molecule has 0 aliphatic heterocycles. The van der Waals surface area contributed by atoms with Gasteiger partial charge in [0.1, 0.15) is 11.3 Å². The fraction of sp³-hybridized carbons (Fsp3) is 0.529. The minimum atomic E-state index is 0.193. The number of ether oxygens (including phenoxy) is 1. The Morgan fingerprint density at radius 1 is 1.33 bits per heavy atom. The Balaban J connectivity index is 2.00. The Bertz CT molecular complexity index is 591. The standard InChI is InChI=1S/C17H24BrNO2/c1-12(19-11-17(2,3)7-8-20-4)16-10-13-9-14(18)5-6-15(13)21-16/h5-6,9-10,12,19H,7-8,11H2,1-4H3. The second kappa shape index (κ2) is 6.95. The van der Waals surface area contributed by atoms with E-state index in [2.05, 4.69) is 54.2 Å². The minimum Gasteiger partial charge on any atom is -0.459 e. The van der Waals surface area contributed by atoms with Crippen LogP contribution >= 0.6 is 15.9 Å². The van der Waals surface area contributed by atoms with E-state index in [0.717, 1.165) is 40.8 Å². The number of fused-ring (bicyclic) bond motifs is 1. The third-order valence-electron chi connectivity index (χ3n) is 3.79. The van der Waals surface area contributed by atoms with E-state index in [0.29, 0.717) is 0 Å². The van der Waals surface area contributed by atoms with Gasteiger partial charge in [-0.15, -0.1) is 0 Å². The molecular weight excluding hydrogens is 330 g/mol. The minimum absolute atomic E-state index is 0.193. The van der Waals surface area contributed by atoms with Crippen molar-refractivity contribution in [2.75, 3.05) is 20.3 Å². The third-order valence-corrected chi connectivity index (χ3v) is 4.29. The average molecular weight is 354 g/mol. The van der Waals surface area contributed by atoms with Crippen molar-refractivity contribution in [3.05, 3.63) is 34.5 Å². The van der Waals surface area contributed by atoms with Gasteiger partial charge < -0.3 is 14.5 Å². The summed E-state index contributed by atoms with van der Waals surface area (Å²) in [4.78, 5) is 0. The molecule has 116 valence electrons. The molecule has 2 aromatic rings. The highest BCUT2D eigenvalue weighted by atomic mass is 79.9. The summed E-state index contributed by atoms with van der Waals surface area (Å²) in [6, 6.07) is 8.38. The van der Waals surface area contributed by atoms with Crippen molar-refractivity contribution < 1.29 is 9.15 Å². The molecule has 1 atom stereocenters. The van der Waals surface area contributed by atoms with Gasteiger partial charge in [-0.05, 0) is 43.0 Å². The molecule has 0 bridgehead atoms. The molecule has 1 heterocycles. The topological polar surface area (TPSA) is 34.4 Å². The van der Waals surface area contributed by atoms with Crippen LogP contribution in [0.5, 0.6) is 0 Å². The van der Waals surface area contributed by atoms with E-state index in [4.69, 9.17) is 9.15 Å². The molecule has 0 amide bonds. The number of hydrogen-bond donors (Lipinski definition) is 1. The summed E-state index contributed by atoms with van der Waals surface area (Å²) >= 11 is 3.49. The highest BCUT2D eigenvalue weighted by molar-refractivity contribution is 9.10. The fourth-order valence-corrected chi connectivity index (χ4v) is 2.62. The molecule has 0 spiro atoms. The van der Waals surface area contributed by atoms with E-state index >= 15 is 0 Å². The lowest BCUT2D eigenvalue weighted by Crippen LogP contribution is -2.32. The summed E-state index contributed by atoms with van der Waals surface area (Å²) in [6.07, 6.45) is 1.04. The Kier molecular flexibility index (Phi) is 5.47. The quantitative estimate of drug-likeness (QED) is 0.767. The first-order valence-corrected chi connectivity index (χ1v) is 8.12. The molecule has 21 heavy (non-hydrogen) atoms. The zero-order chi connectivity index (χ0) is 15.5. The summed E-state index contributed by atoms with van der Waals surface area (Å²) in [5.74, 6) is 0.977. The zero-order valence-corrected chi connectivity index (χ0v) is 14.8. The van der Waals surface area contributed by atoms with Crippen LogP contribution in [0.2, 0.25) is 0 Å². The SMILES string of the molecule is COCCC(C)(C)CNC(C)c1cc2cc(Br)ccc2o1. The first-order valence-electron chi connectivity index (χ1n) is 7.32. The number of rotatable bonds is 7. The number of furan rings is 1. The van der Waals surface area contributed by atoms with Crippen LogP contribution in [0.15, 0.2) is 33.2 Å². The van der Waals surface area contributed by atoms with Gasteiger partial charge in [0.2, 0.25) is 0 Å². The Labute approximate surface area is 135 Å². The lowest BCUT2D eigenvalue weighted by Gasteiger charge is -2.26. The van der Waals surface area contributed by atoms with Gasteiger partial charge in [-0.1, -0.05) is 29.8 Å². The van der Waals surface area contributed by atoms with Crippen LogP contribution in [0.25, 0.3) is 11.0 Å². The van der Waals surface area contributed by atoms with Crippen molar-refractivity contribution >= 4 is 26.9 Å². The largest absolute Gasteiger partial charge is 0.459 e. The van der Waals surface area contributed by atoms with E-state index in [1.165, 1.54) is 0 Å². The molecule has 2 rings (SSSR count). The number of nitrogens with one attached hydrogen (secondary N) is 1. The highest BCUT2D eigenvalue weighted by Gasteiger charge is 2.20. The van der Waals surface area contributed by atoms with Crippen LogP contribution in [-0.4, -0.2) is 20.3 Å². The van der Waals surface area contributed by atoms with Gasteiger partial charge in [-0.2, -0.15) is 0 Å². The maximum absolute atomic E-state index is 5.92. The molecule has 1 aromatic heterocycles. The zero-order valence-electron chi connectivity index (χ0n) is 13.2. The van der Waals surface area contributed by atoms with Gasteiger partial charge in [-0.25, -0.2) is 0 Å². The molecule has 4 heteroatoms. The second-order valence-electron chi connectivity index (χ2n) is 6.34. The van der Waals surface area contributed by atoms with Crippen LogP contribution in [-0.2, 0) is 4.74 Å². The Morgan fingerprint density at radius 2 is 2.10 bits per heavy atom. The van der Waals surface area contributed by atoms with Crippen LogP contribution in [0.3, 0.4) is 0 Å². The van der Waals surface area contributed by atoms with Gasteiger partial charge in [0.05, 0.1) is 6.04 Å². The van der Waals surface area contributed by atoms with E-state index in [1.807, 2.05) is 12.1 Å². The fourth-order valence-electron chi connectivity index (χ4n) is 2.24. The first kappa shape index (κ1) is 16.5. The molecule has 0 fully saturated rings. The molecule has 0 saturated carbocycles. The summed E-state index contributed by atoms with van der Waals surface area (Å²) < 4.78 is 12.2. The number of benzene rings is 1. The number of methoxy groups -OCH3 is 1. The van der Waals surface area contributed by atoms with Crippen molar-refractivity contribution in [1.29, 1.82) is 0 Å². The summed E-state index contributed by atoms with van der Waals surface area (Å²) in [6.45, 7) is 8.36. The smallest absolute Gasteiger partial charge is 0.134 e. The lowest BCUT2D eigenvalue weighted by molar-refractivity contribution is 0.148. The predicted octanol–water partition coefficient (Wildman–Crippen LogP) is 4.91. The van der Waals surface area contributed by atoms with Crippen molar-refractivity contribution in [1.82, 2.24) is 5.32 Å². The molecule has 0 aliphatic carbocycles. The van der Waals surface area contributed by atoms with Gasteiger partial charge >= 0.3 is 0 Å². The van der Waals surface area contributed by atoms with Crippen LogP contribution in [0.1, 0.15) is 39.0 Å². The molecular formula is C17H24BrNO2. The van der Waals surface area contributed by atoms with Crippen molar-refractivity contribution in [2.45, 2.75) is 33.2 Å². The van der Waals surface area contributed by atoms with Crippen molar-refractivity contribution in [3.8, 4) is 0 Å². The Hall–Kier alpha value is -0.840.